The number of hydrogen-bond donors (Lipinski definition) is 0. The molecule has 7 nitrogen and oxygen atoms in total. The fraction of sp³-hybridized carbons (Fsp3) is 0.588. The molecule has 0 amide bonds. The van der Waals surface area contributed by atoms with Gasteiger partial charge in [-0.2, -0.15) is 10.1 Å². The first-order valence-electron chi connectivity index (χ1n) is 8.64. The molecule has 1 aliphatic heterocycles. The van der Waals surface area contributed by atoms with Crippen molar-refractivity contribution in [3.8, 4) is 5.88 Å². The molecule has 0 aliphatic carbocycles. The summed E-state index contributed by atoms with van der Waals surface area (Å²) in [6.07, 6.45) is 8.12. The van der Waals surface area contributed by atoms with Gasteiger partial charge in [0.1, 0.15) is 0 Å². The summed E-state index contributed by atoms with van der Waals surface area (Å²) >= 11 is 0. The van der Waals surface area contributed by atoms with Crippen LogP contribution in [0.15, 0.2) is 24.7 Å². The van der Waals surface area contributed by atoms with Crippen LogP contribution in [0.5, 0.6) is 5.88 Å². The van der Waals surface area contributed by atoms with E-state index >= 15 is 0 Å². The van der Waals surface area contributed by atoms with Gasteiger partial charge in [-0.15, -0.1) is 0 Å². The van der Waals surface area contributed by atoms with E-state index in [0.717, 1.165) is 58.1 Å². The minimum absolute atomic E-state index is 0.615. The van der Waals surface area contributed by atoms with Crippen LogP contribution in [0.2, 0.25) is 0 Å². The van der Waals surface area contributed by atoms with E-state index in [1.807, 2.05) is 10.9 Å². The molecule has 0 spiro atoms. The Bertz CT molecular complexity index is 644. The average Bonchev–Trinajstić information content (AvgIpc) is 2.91. The Morgan fingerprint density at radius 3 is 2.96 bits per heavy atom. The number of hydrogen-bond acceptors (Lipinski definition) is 6. The molecule has 0 radical (unpaired) electrons. The molecule has 0 N–H and O–H groups in total. The van der Waals surface area contributed by atoms with Gasteiger partial charge in [0.05, 0.1) is 13.3 Å². The molecular weight excluding hydrogens is 304 g/mol. The quantitative estimate of drug-likeness (QED) is 0.805. The van der Waals surface area contributed by atoms with Gasteiger partial charge in [0.25, 0.3) is 0 Å². The Balaban J connectivity index is 1.58. The molecule has 3 rings (SSSR count). The van der Waals surface area contributed by atoms with Crippen LogP contribution in [-0.4, -0.2) is 57.9 Å². The molecule has 0 atom stereocenters. The summed E-state index contributed by atoms with van der Waals surface area (Å²) in [7, 11) is 1.63. The van der Waals surface area contributed by atoms with Crippen LogP contribution in [0.25, 0.3) is 0 Å². The summed E-state index contributed by atoms with van der Waals surface area (Å²) < 4.78 is 7.23. The summed E-state index contributed by atoms with van der Waals surface area (Å²) in [6.45, 7) is 8.09. The van der Waals surface area contributed by atoms with Gasteiger partial charge >= 0.3 is 0 Å². The van der Waals surface area contributed by atoms with Gasteiger partial charge in [0.2, 0.25) is 11.8 Å². The maximum atomic E-state index is 5.20. The van der Waals surface area contributed by atoms with Crippen LogP contribution >= 0.6 is 0 Å². The SMILES string of the molecule is CCCn1cc(CN2CCCN(c3nccc(OC)n3)CC2)cn1. The molecular formula is C17H26N6O. The smallest absolute Gasteiger partial charge is 0.228 e. The van der Waals surface area contributed by atoms with E-state index in [-0.39, 0.29) is 0 Å². The first kappa shape index (κ1) is 16.7. The van der Waals surface area contributed by atoms with Crippen LogP contribution in [0.4, 0.5) is 5.95 Å². The molecule has 0 saturated carbocycles. The number of aromatic nitrogens is 4. The van der Waals surface area contributed by atoms with Gasteiger partial charge in [-0.25, -0.2) is 4.98 Å². The van der Waals surface area contributed by atoms with Crippen molar-refractivity contribution in [3.63, 3.8) is 0 Å². The lowest BCUT2D eigenvalue weighted by molar-refractivity contribution is 0.285. The molecule has 0 bridgehead atoms. The van der Waals surface area contributed by atoms with E-state index < -0.39 is 0 Å². The molecule has 1 fully saturated rings. The molecule has 0 unspecified atom stereocenters. The second-order valence-corrected chi connectivity index (χ2v) is 6.13. The van der Waals surface area contributed by atoms with E-state index in [0.29, 0.717) is 5.88 Å². The Morgan fingerprint density at radius 2 is 2.12 bits per heavy atom. The molecule has 2 aromatic heterocycles. The number of methoxy groups -OCH3 is 1. The van der Waals surface area contributed by atoms with Gasteiger partial charge in [-0.05, 0) is 12.8 Å². The standard InChI is InChI=1S/C17H26N6O/c1-3-7-23-14-15(12-19-23)13-21-8-4-9-22(11-10-21)17-18-6-5-16(20-17)24-2/h5-6,12,14H,3-4,7-11,13H2,1-2H3. The topological polar surface area (TPSA) is 59.3 Å². The first-order valence-corrected chi connectivity index (χ1v) is 8.64. The van der Waals surface area contributed by atoms with Crippen molar-refractivity contribution in [2.45, 2.75) is 32.9 Å². The highest BCUT2D eigenvalue weighted by atomic mass is 16.5. The first-order chi connectivity index (χ1) is 11.8. The molecule has 130 valence electrons. The number of nitrogens with zero attached hydrogens (tertiary/aromatic N) is 6. The van der Waals surface area contributed by atoms with Crippen LogP contribution in [0.1, 0.15) is 25.3 Å². The normalized spacial score (nSPS) is 16.2. The van der Waals surface area contributed by atoms with Crippen molar-refractivity contribution < 1.29 is 4.74 Å². The third-order valence-electron chi connectivity index (χ3n) is 4.24. The summed E-state index contributed by atoms with van der Waals surface area (Å²) in [6, 6.07) is 1.78. The van der Waals surface area contributed by atoms with Crippen LogP contribution in [0.3, 0.4) is 0 Å². The summed E-state index contributed by atoms with van der Waals surface area (Å²) in [5.74, 6) is 1.37. The predicted molar refractivity (Wildman–Crippen MR) is 93.2 cm³/mol. The minimum Gasteiger partial charge on any atom is -0.481 e. The predicted octanol–water partition coefficient (Wildman–Crippen LogP) is 1.80. The fourth-order valence-corrected chi connectivity index (χ4v) is 3.03. The second kappa shape index (κ2) is 8.10. The second-order valence-electron chi connectivity index (χ2n) is 6.13. The van der Waals surface area contributed by atoms with Crippen LogP contribution < -0.4 is 9.64 Å². The molecule has 1 saturated heterocycles. The summed E-state index contributed by atoms with van der Waals surface area (Å²) in [5.41, 5.74) is 1.29. The van der Waals surface area contributed by atoms with E-state index in [9.17, 15) is 0 Å². The van der Waals surface area contributed by atoms with Crippen LogP contribution in [0, 0.1) is 0 Å². The van der Waals surface area contributed by atoms with Gasteiger partial charge in [-0.1, -0.05) is 6.92 Å². The maximum absolute atomic E-state index is 5.20. The number of rotatable bonds is 6. The largest absolute Gasteiger partial charge is 0.481 e. The molecule has 0 aromatic carbocycles. The lowest BCUT2D eigenvalue weighted by atomic mass is 10.3. The Labute approximate surface area is 143 Å². The van der Waals surface area contributed by atoms with E-state index in [4.69, 9.17) is 4.74 Å². The van der Waals surface area contributed by atoms with E-state index in [2.05, 4.69) is 38.0 Å². The van der Waals surface area contributed by atoms with Gasteiger partial charge in [0, 0.05) is 63.3 Å². The fourth-order valence-electron chi connectivity index (χ4n) is 3.03. The van der Waals surface area contributed by atoms with Crippen molar-refractivity contribution in [2.75, 3.05) is 38.2 Å². The molecule has 2 aromatic rings. The third kappa shape index (κ3) is 4.23. The third-order valence-corrected chi connectivity index (χ3v) is 4.24. The minimum atomic E-state index is 0.615. The van der Waals surface area contributed by atoms with Gasteiger partial charge < -0.3 is 9.64 Å². The van der Waals surface area contributed by atoms with Gasteiger partial charge in [-0.3, -0.25) is 9.58 Å². The number of ether oxygens (including phenoxy) is 1. The number of anilines is 1. The molecule has 1 aliphatic rings. The Morgan fingerprint density at radius 1 is 1.21 bits per heavy atom. The molecule has 24 heavy (non-hydrogen) atoms. The lowest BCUT2D eigenvalue weighted by Gasteiger charge is -2.21. The Kier molecular flexibility index (Phi) is 5.63. The average molecular weight is 330 g/mol. The monoisotopic (exact) mass is 330 g/mol. The highest BCUT2D eigenvalue weighted by Crippen LogP contribution is 2.15. The number of aryl methyl sites for hydroxylation is 1. The van der Waals surface area contributed by atoms with Crippen molar-refractivity contribution in [1.29, 1.82) is 0 Å². The van der Waals surface area contributed by atoms with E-state index in [1.165, 1.54) is 5.56 Å². The van der Waals surface area contributed by atoms with Crippen molar-refractivity contribution in [1.82, 2.24) is 24.6 Å². The molecule has 3 heterocycles. The lowest BCUT2D eigenvalue weighted by Crippen LogP contribution is -2.31. The zero-order valence-corrected chi connectivity index (χ0v) is 14.6. The Hall–Kier alpha value is -2.15. The van der Waals surface area contributed by atoms with Crippen molar-refractivity contribution in [3.05, 3.63) is 30.2 Å². The summed E-state index contributed by atoms with van der Waals surface area (Å²) in [4.78, 5) is 13.6. The van der Waals surface area contributed by atoms with Crippen molar-refractivity contribution >= 4 is 5.95 Å². The zero-order chi connectivity index (χ0) is 16.8. The zero-order valence-electron chi connectivity index (χ0n) is 14.6. The molecule has 7 heteroatoms. The highest BCUT2D eigenvalue weighted by Gasteiger charge is 2.18. The highest BCUT2D eigenvalue weighted by molar-refractivity contribution is 5.32. The van der Waals surface area contributed by atoms with E-state index in [1.54, 1.807) is 19.4 Å². The van der Waals surface area contributed by atoms with Crippen molar-refractivity contribution in [2.24, 2.45) is 0 Å². The van der Waals surface area contributed by atoms with Gasteiger partial charge in [0.15, 0.2) is 0 Å². The maximum Gasteiger partial charge on any atom is 0.228 e. The van der Waals surface area contributed by atoms with Crippen LogP contribution in [-0.2, 0) is 13.1 Å². The summed E-state index contributed by atoms with van der Waals surface area (Å²) in [5, 5.41) is 4.42.